The van der Waals surface area contributed by atoms with Crippen molar-refractivity contribution in [1.82, 2.24) is 0 Å². The quantitative estimate of drug-likeness (QED) is 0.414. The number of halogens is 1. The van der Waals surface area contributed by atoms with Gasteiger partial charge >= 0.3 is 17.9 Å². The third-order valence-electron chi connectivity index (χ3n) is 3.16. The molecule has 0 aliphatic rings. The molecule has 10 heteroatoms. The molecule has 0 saturated heterocycles. The highest BCUT2D eigenvalue weighted by Gasteiger charge is 2.26. The number of rotatable bonds is 8. The minimum absolute atomic E-state index is 0. The van der Waals surface area contributed by atoms with Gasteiger partial charge in [-0.15, -0.1) is 12.4 Å². The van der Waals surface area contributed by atoms with Crippen LogP contribution in [0.2, 0.25) is 0 Å². The Morgan fingerprint density at radius 3 is 1.79 bits per heavy atom. The number of carbonyl (C=O) groups is 3. The maximum atomic E-state index is 12.0. The Hall–Kier alpha value is -2.36. The summed E-state index contributed by atoms with van der Waals surface area (Å²) in [6.07, 6.45) is -1.02. The summed E-state index contributed by atoms with van der Waals surface area (Å²) in [5.41, 5.74) is 0.0318. The minimum Gasteiger partial charge on any atom is -0.507 e. The average molecular weight is 437 g/mol. The molecule has 0 saturated carbocycles. The van der Waals surface area contributed by atoms with Gasteiger partial charge in [0.25, 0.3) is 0 Å². The lowest BCUT2D eigenvalue weighted by Crippen LogP contribution is -2.43. The zero-order valence-electron chi connectivity index (χ0n) is 17.8. The van der Waals surface area contributed by atoms with E-state index in [4.69, 9.17) is 14.9 Å². The maximum absolute atomic E-state index is 12.0. The van der Waals surface area contributed by atoms with Crippen LogP contribution in [0, 0.1) is 0 Å². The molecule has 1 rings (SSSR count). The molecule has 1 atom stereocenters. The van der Waals surface area contributed by atoms with Gasteiger partial charge < -0.3 is 29.0 Å². The number of ether oxygens (including phenoxy) is 1. The van der Waals surface area contributed by atoms with Gasteiger partial charge in [-0.1, -0.05) is 12.1 Å². The van der Waals surface area contributed by atoms with Crippen LogP contribution in [-0.4, -0.2) is 104 Å². The van der Waals surface area contributed by atoms with Gasteiger partial charge in [0, 0.05) is 0 Å². The summed E-state index contributed by atoms with van der Waals surface area (Å²) < 4.78 is 6.15. The van der Waals surface area contributed by atoms with Crippen molar-refractivity contribution in [2.75, 3.05) is 55.4 Å². The first kappa shape index (κ1) is 28.8. The van der Waals surface area contributed by atoms with E-state index in [1.165, 1.54) is 12.1 Å². The summed E-state index contributed by atoms with van der Waals surface area (Å²) in [5, 5.41) is 26.7. The number of carboxylic acids is 2. The second-order valence-corrected chi connectivity index (χ2v) is 8.46. The molecule has 0 heterocycles. The predicted octanol–water partition coefficient (Wildman–Crippen LogP) is 1.30. The van der Waals surface area contributed by atoms with Gasteiger partial charge in [0.05, 0.1) is 48.7 Å². The topological polar surface area (TPSA) is 121 Å². The molecule has 166 valence electrons. The smallest absolute Gasteiger partial charge is 0.359 e. The Kier molecular flexibility index (Phi) is 12.2. The summed E-state index contributed by atoms with van der Waals surface area (Å²) in [7, 11) is 11.2. The lowest BCUT2D eigenvalue weighted by atomic mass is 10.2. The normalized spacial score (nSPS) is 11.9. The number of aromatic hydroxyl groups is 1. The van der Waals surface area contributed by atoms with E-state index in [1.807, 2.05) is 42.3 Å². The molecule has 0 spiro atoms. The number of para-hydroxylation sites is 1. The summed E-state index contributed by atoms with van der Waals surface area (Å²) in [6.45, 7) is 0.547. The molecule has 1 aromatic rings. The van der Waals surface area contributed by atoms with E-state index in [1.54, 1.807) is 12.1 Å². The first-order valence-electron chi connectivity index (χ1n) is 8.64. The number of benzene rings is 1. The van der Waals surface area contributed by atoms with Crippen LogP contribution in [0.3, 0.4) is 0 Å². The van der Waals surface area contributed by atoms with Crippen LogP contribution in [0.5, 0.6) is 5.75 Å². The summed E-state index contributed by atoms with van der Waals surface area (Å²) in [4.78, 5) is 32.8. The number of aliphatic carboxylic acids is 2. The van der Waals surface area contributed by atoms with Crippen LogP contribution < -0.4 is 0 Å². The Morgan fingerprint density at radius 2 is 1.45 bits per heavy atom. The molecule has 0 aliphatic carbocycles. The molecule has 0 bridgehead atoms. The molecule has 0 amide bonds. The number of phenolic OH excluding ortho intramolecular Hbond substituents is 1. The van der Waals surface area contributed by atoms with Crippen molar-refractivity contribution < 1.29 is 43.4 Å². The van der Waals surface area contributed by atoms with E-state index < -0.39 is 24.0 Å². The fraction of sp³-hybridized carbons (Fsp3) is 0.526. The van der Waals surface area contributed by atoms with Crippen molar-refractivity contribution in [1.29, 1.82) is 0 Å². The fourth-order valence-corrected chi connectivity index (χ4v) is 2.22. The molecular formula is C19H33ClN2O7+2. The molecule has 9 nitrogen and oxygen atoms in total. The zero-order valence-corrected chi connectivity index (χ0v) is 18.6. The molecule has 29 heavy (non-hydrogen) atoms. The van der Waals surface area contributed by atoms with Crippen molar-refractivity contribution in [3.05, 3.63) is 29.8 Å². The SMILES string of the molecule is C[N+](C)(C)CC(=O)O.C[N+](C)(C)CC(CC(=O)O)OC(=O)c1ccccc1O.Cl. The van der Waals surface area contributed by atoms with Crippen LogP contribution in [0.15, 0.2) is 24.3 Å². The molecule has 3 N–H and O–H groups in total. The third kappa shape index (κ3) is 15.3. The largest absolute Gasteiger partial charge is 0.507 e. The highest BCUT2D eigenvalue weighted by molar-refractivity contribution is 5.92. The lowest BCUT2D eigenvalue weighted by molar-refractivity contribution is -0.873. The first-order valence-corrected chi connectivity index (χ1v) is 8.64. The number of likely N-dealkylation sites (N-methyl/N-ethyl adjacent to an activating group) is 2. The number of esters is 1. The molecule has 0 aliphatic heterocycles. The van der Waals surface area contributed by atoms with Crippen LogP contribution >= 0.6 is 12.4 Å². The highest BCUT2D eigenvalue weighted by atomic mass is 35.5. The Morgan fingerprint density at radius 1 is 0.931 bits per heavy atom. The summed E-state index contributed by atoms with van der Waals surface area (Å²) >= 11 is 0. The molecule has 0 radical (unpaired) electrons. The fourth-order valence-electron chi connectivity index (χ4n) is 2.22. The van der Waals surface area contributed by atoms with Crippen molar-refractivity contribution in [2.24, 2.45) is 0 Å². The number of phenols is 1. The number of hydrogen-bond donors (Lipinski definition) is 3. The summed E-state index contributed by atoms with van der Waals surface area (Å²) in [6, 6.07) is 6.00. The van der Waals surface area contributed by atoms with E-state index >= 15 is 0 Å². The first-order chi connectivity index (χ1) is 12.6. The van der Waals surface area contributed by atoms with Crippen LogP contribution in [-0.2, 0) is 14.3 Å². The van der Waals surface area contributed by atoms with Crippen LogP contribution in [0.1, 0.15) is 16.8 Å². The molecule has 1 unspecified atom stereocenters. The van der Waals surface area contributed by atoms with Crippen molar-refractivity contribution in [2.45, 2.75) is 12.5 Å². The van der Waals surface area contributed by atoms with Crippen LogP contribution in [0.4, 0.5) is 0 Å². The highest BCUT2D eigenvalue weighted by Crippen LogP contribution is 2.18. The standard InChI is InChI=1S/C14H19NO5.C5H11NO2.ClH/c1-15(2,3)9-10(8-13(17)18)20-14(19)11-6-4-5-7-12(11)16;1-6(2,3)4-5(7)8;/h4-7,10H,8-9H2,1-3H3,(H-,16,17,18,19);4H2,1-3H3;1H/p+2. The number of carbonyl (C=O) groups excluding carboxylic acids is 1. The predicted molar refractivity (Wildman–Crippen MR) is 110 cm³/mol. The zero-order chi connectivity index (χ0) is 22.1. The van der Waals surface area contributed by atoms with Crippen molar-refractivity contribution in [3.8, 4) is 5.75 Å². The van der Waals surface area contributed by atoms with E-state index in [-0.39, 0.29) is 36.7 Å². The summed E-state index contributed by atoms with van der Waals surface area (Å²) in [5.74, 6) is -2.69. The molecule has 1 aromatic carbocycles. The Labute approximate surface area is 177 Å². The molecular weight excluding hydrogens is 404 g/mol. The van der Waals surface area contributed by atoms with Gasteiger partial charge in [0.2, 0.25) is 0 Å². The van der Waals surface area contributed by atoms with E-state index in [0.717, 1.165) is 0 Å². The number of nitrogens with zero attached hydrogens (tertiary/aromatic N) is 2. The molecule has 0 aromatic heterocycles. The maximum Gasteiger partial charge on any atom is 0.359 e. The van der Waals surface area contributed by atoms with Crippen molar-refractivity contribution >= 4 is 30.3 Å². The second-order valence-electron chi connectivity index (χ2n) is 8.46. The van der Waals surface area contributed by atoms with Gasteiger partial charge in [-0.05, 0) is 12.1 Å². The number of hydrogen-bond acceptors (Lipinski definition) is 5. The van der Waals surface area contributed by atoms with E-state index in [2.05, 4.69) is 0 Å². The Balaban J connectivity index is 0. The third-order valence-corrected chi connectivity index (χ3v) is 3.16. The number of carboxylic acid groups (broad SMARTS) is 2. The number of quaternary nitrogens is 2. The Bertz CT molecular complexity index is 682. The van der Waals surface area contributed by atoms with E-state index in [0.29, 0.717) is 15.5 Å². The van der Waals surface area contributed by atoms with E-state index in [9.17, 15) is 19.5 Å². The van der Waals surface area contributed by atoms with Gasteiger partial charge in [0.1, 0.15) is 17.9 Å². The van der Waals surface area contributed by atoms with Gasteiger partial charge in [-0.2, -0.15) is 0 Å². The monoisotopic (exact) mass is 436 g/mol. The van der Waals surface area contributed by atoms with Gasteiger partial charge in [-0.3, -0.25) is 4.79 Å². The minimum atomic E-state index is -1.03. The van der Waals surface area contributed by atoms with Crippen molar-refractivity contribution in [3.63, 3.8) is 0 Å². The second kappa shape index (κ2) is 12.3. The average Bonchev–Trinajstić information content (AvgIpc) is 2.42. The van der Waals surface area contributed by atoms with Crippen LogP contribution in [0.25, 0.3) is 0 Å². The van der Waals surface area contributed by atoms with Gasteiger partial charge in [0.15, 0.2) is 12.6 Å². The van der Waals surface area contributed by atoms with Gasteiger partial charge in [-0.25, -0.2) is 9.59 Å². The molecule has 0 fully saturated rings. The lowest BCUT2D eigenvalue weighted by Gasteiger charge is -2.28.